The van der Waals surface area contributed by atoms with E-state index < -0.39 is 0 Å². The van der Waals surface area contributed by atoms with Crippen molar-refractivity contribution in [3.63, 3.8) is 0 Å². The molecule has 1 fully saturated rings. The number of hydrogen-bond donors (Lipinski definition) is 0. The monoisotopic (exact) mass is 153 g/mol. The molecule has 11 heavy (non-hydrogen) atoms. The van der Waals surface area contributed by atoms with E-state index >= 15 is 0 Å². The van der Waals surface area contributed by atoms with E-state index in [1.807, 2.05) is 13.0 Å². The second-order valence-corrected chi connectivity index (χ2v) is 3.01. The number of carbonyl (C=O) groups is 1. The molecule has 0 aliphatic carbocycles. The molecular formula is C9H15NO. The molecule has 0 radical (unpaired) electrons. The third kappa shape index (κ3) is 2.46. The van der Waals surface area contributed by atoms with Crippen LogP contribution in [-0.2, 0) is 4.79 Å². The molecule has 0 bridgehead atoms. The molecule has 1 aliphatic rings. The Labute approximate surface area is 67.9 Å². The van der Waals surface area contributed by atoms with Gasteiger partial charge in [-0.1, -0.05) is 12.2 Å². The van der Waals surface area contributed by atoms with E-state index in [4.69, 9.17) is 0 Å². The molecule has 1 atom stereocenters. The van der Waals surface area contributed by atoms with Gasteiger partial charge in [-0.15, -0.1) is 0 Å². The third-order valence-electron chi connectivity index (χ3n) is 2.10. The second kappa shape index (κ2) is 4.29. The molecule has 2 heteroatoms. The maximum Gasteiger partial charge on any atom is 0.124 e. The molecule has 0 saturated carbocycles. The average molecular weight is 153 g/mol. The normalized spacial score (nSPS) is 26.5. The van der Waals surface area contributed by atoms with Gasteiger partial charge < -0.3 is 4.79 Å². The van der Waals surface area contributed by atoms with Gasteiger partial charge in [0.05, 0.1) is 0 Å². The van der Waals surface area contributed by atoms with Crippen molar-refractivity contribution in [2.24, 2.45) is 5.92 Å². The zero-order chi connectivity index (χ0) is 8.10. The lowest BCUT2D eigenvalue weighted by Gasteiger charge is -2.10. The van der Waals surface area contributed by atoms with Crippen LogP contribution in [0.25, 0.3) is 0 Å². The molecule has 0 aromatic rings. The van der Waals surface area contributed by atoms with Gasteiger partial charge in [0.25, 0.3) is 0 Å². The third-order valence-corrected chi connectivity index (χ3v) is 2.10. The lowest BCUT2D eigenvalue weighted by molar-refractivity contribution is -0.110. The largest absolute Gasteiger partial charge is 0.303 e. The Kier molecular flexibility index (Phi) is 3.30. The molecule has 0 spiro atoms. The summed E-state index contributed by atoms with van der Waals surface area (Å²) in [7, 11) is 0. The predicted octanol–water partition coefficient (Wildman–Crippen LogP) is 1.08. The number of rotatable bonds is 3. The fourth-order valence-electron chi connectivity index (χ4n) is 1.39. The van der Waals surface area contributed by atoms with Gasteiger partial charge in [0.2, 0.25) is 0 Å². The van der Waals surface area contributed by atoms with Crippen LogP contribution in [0.4, 0.5) is 0 Å². The zero-order valence-electron chi connectivity index (χ0n) is 6.99. The van der Waals surface area contributed by atoms with Gasteiger partial charge in [0, 0.05) is 19.0 Å². The van der Waals surface area contributed by atoms with E-state index in [0.29, 0.717) is 5.92 Å². The second-order valence-electron chi connectivity index (χ2n) is 3.01. The van der Waals surface area contributed by atoms with Crippen LogP contribution in [0.5, 0.6) is 0 Å². The van der Waals surface area contributed by atoms with Crippen molar-refractivity contribution in [1.29, 1.82) is 0 Å². The summed E-state index contributed by atoms with van der Waals surface area (Å²) in [6.45, 7) is 5.05. The first-order valence-corrected chi connectivity index (χ1v) is 4.15. The van der Waals surface area contributed by atoms with Crippen LogP contribution in [0.2, 0.25) is 0 Å². The summed E-state index contributed by atoms with van der Waals surface area (Å²) in [5.41, 5.74) is 0. The molecule has 62 valence electrons. The summed E-state index contributed by atoms with van der Waals surface area (Å²) in [5.74, 6) is 0.292. The van der Waals surface area contributed by atoms with Crippen molar-refractivity contribution in [3.8, 4) is 0 Å². The van der Waals surface area contributed by atoms with E-state index in [0.717, 1.165) is 32.3 Å². The predicted molar refractivity (Wildman–Crippen MR) is 45.4 cm³/mol. The Hall–Kier alpha value is -0.630. The van der Waals surface area contributed by atoms with Crippen LogP contribution in [-0.4, -0.2) is 30.8 Å². The zero-order valence-corrected chi connectivity index (χ0v) is 6.99. The molecule has 0 amide bonds. The molecule has 0 aromatic heterocycles. The summed E-state index contributed by atoms with van der Waals surface area (Å²) >= 11 is 0. The van der Waals surface area contributed by atoms with Crippen molar-refractivity contribution < 1.29 is 4.79 Å². The van der Waals surface area contributed by atoms with Crippen LogP contribution >= 0.6 is 0 Å². The Morgan fingerprint density at radius 2 is 2.45 bits per heavy atom. The maximum atomic E-state index is 10.4. The minimum absolute atomic E-state index is 0.292. The van der Waals surface area contributed by atoms with Gasteiger partial charge in [-0.2, -0.15) is 0 Å². The fraction of sp³-hybridized carbons (Fsp3) is 0.667. The van der Waals surface area contributed by atoms with Gasteiger partial charge in [0.15, 0.2) is 0 Å². The fourth-order valence-corrected chi connectivity index (χ4v) is 1.39. The van der Waals surface area contributed by atoms with Crippen LogP contribution in [0, 0.1) is 5.92 Å². The first-order valence-electron chi connectivity index (χ1n) is 4.15. The lowest BCUT2D eigenvalue weighted by atomic mass is 10.1. The van der Waals surface area contributed by atoms with E-state index in [1.54, 1.807) is 0 Å². The summed E-state index contributed by atoms with van der Waals surface area (Å²) in [6, 6.07) is 0. The molecule has 1 unspecified atom stereocenters. The molecule has 1 saturated heterocycles. The minimum atomic E-state index is 0.292. The molecule has 1 aliphatic heterocycles. The van der Waals surface area contributed by atoms with Crippen molar-refractivity contribution in [1.82, 2.24) is 4.90 Å². The molecule has 1 rings (SSSR count). The summed E-state index contributed by atoms with van der Waals surface area (Å²) in [6.07, 6.45) is 6.30. The Balaban J connectivity index is 2.24. The molecular weight excluding hydrogens is 138 g/mol. The number of allylic oxidation sites excluding steroid dienone is 1. The van der Waals surface area contributed by atoms with Gasteiger partial charge in [-0.05, 0) is 19.9 Å². The number of carbonyl (C=O) groups excluding carboxylic acids is 1. The number of hydrogen-bond acceptors (Lipinski definition) is 2. The van der Waals surface area contributed by atoms with Crippen LogP contribution in [0.3, 0.4) is 0 Å². The van der Waals surface area contributed by atoms with E-state index in [9.17, 15) is 4.79 Å². The lowest BCUT2D eigenvalue weighted by Crippen LogP contribution is -2.20. The highest BCUT2D eigenvalue weighted by Gasteiger charge is 2.19. The van der Waals surface area contributed by atoms with Crippen molar-refractivity contribution in [2.75, 3.05) is 19.6 Å². The standard InChI is InChI=1S/C9H15NO/c1-2-3-5-10-6-4-9(7-10)8-11/h2-3,8-9H,4-7H2,1H3/b3-2+. The maximum absolute atomic E-state index is 10.4. The van der Waals surface area contributed by atoms with Crippen LogP contribution < -0.4 is 0 Å². The van der Waals surface area contributed by atoms with E-state index in [1.165, 1.54) is 0 Å². The number of nitrogens with zero attached hydrogens (tertiary/aromatic N) is 1. The minimum Gasteiger partial charge on any atom is -0.303 e. The van der Waals surface area contributed by atoms with Gasteiger partial charge in [0.1, 0.15) is 6.29 Å². The topological polar surface area (TPSA) is 20.3 Å². The van der Waals surface area contributed by atoms with E-state index in [2.05, 4.69) is 11.0 Å². The van der Waals surface area contributed by atoms with Crippen LogP contribution in [0.1, 0.15) is 13.3 Å². The number of likely N-dealkylation sites (tertiary alicyclic amines) is 1. The Bertz CT molecular complexity index is 154. The first kappa shape index (κ1) is 8.47. The highest BCUT2D eigenvalue weighted by atomic mass is 16.1. The van der Waals surface area contributed by atoms with Crippen molar-refractivity contribution in [3.05, 3.63) is 12.2 Å². The van der Waals surface area contributed by atoms with Crippen LogP contribution in [0.15, 0.2) is 12.2 Å². The highest BCUT2D eigenvalue weighted by molar-refractivity contribution is 5.54. The van der Waals surface area contributed by atoms with Gasteiger partial charge in [-0.3, -0.25) is 4.90 Å². The molecule has 2 nitrogen and oxygen atoms in total. The van der Waals surface area contributed by atoms with E-state index in [-0.39, 0.29) is 0 Å². The SMILES string of the molecule is C/C=C/CN1CCC(C=O)C1. The molecule has 1 heterocycles. The first-order chi connectivity index (χ1) is 5.36. The highest BCUT2D eigenvalue weighted by Crippen LogP contribution is 2.12. The summed E-state index contributed by atoms with van der Waals surface area (Å²) in [4.78, 5) is 12.7. The summed E-state index contributed by atoms with van der Waals surface area (Å²) in [5, 5.41) is 0. The molecule has 0 N–H and O–H groups in total. The Morgan fingerprint density at radius 3 is 3.00 bits per heavy atom. The van der Waals surface area contributed by atoms with Gasteiger partial charge >= 0.3 is 0 Å². The average Bonchev–Trinajstić information content (AvgIpc) is 2.48. The Morgan fingerprint density at radius 1 is 1.64 bits per heavy atom. The smallest absolute Gasteiger partial charge is 0.124 e. The van der Waals surface area contributed by atoms with Crippen molar-refractivity contribution >= 4 is 6.29 Å². The summed E-state index contributed by atoms with van der Waals surface area (Å²) < 4.78 is 0. The molecule has 0 aromatic carbocycles. The number of aldehydes is 1. The quantitative estimate of drug-likeness (QED) is 0.447. The van der Waals surface area contributed by atoms with Gasteiger partial charge in [-0.25, -0.2) is 0 Å². The van der Waals surface area contributed by atoms with Crippen molar-refractivity contribution in [2.45, 2.75) is 13.3 Å².